The van der Waals surface area contributed by atoms with Gasteiger partial charge in [0.1, 0.15) is 5.71 Å². The lowest BCUT2D eigenvalue weighted by Gasteiger charge is -2.22. The Morgan fingerprint density at radius 2 is 1.26 bits per heavy atom. The second-order valence-electron chi connectivity index (χ2n) is 8.14. The zero-order valence-electron chi connectivity index (χ0n) is 20.3. The highest BCUT2D eigenvalue weighted by molar-refractivity contribution is 7.80. The maximum Gasteiger partial charge on any atom is 0.262 e. The van der Waals surface area contributed by atoms with Crippen molar-refractivity contribution in [2.45, 2.75) is 13.0 Å². The monoisotopic (exact) mass is 597 g/mol. The Balaban J connectivity index is 1.50. The number of carbonyl (C=O) groups excluding carboxylic acids is 2. The molecule has 0 saturated carbocycles. The van der Waals surface area contributed by atoms with E-state index in [1.54, 1.807) is 79.7 Å². The molecule has 3 aromatic carbocycles. The molecule has 9 nitrogen and oxygen atoms in total. The number of carbonyl (C=O) groups is 2. The summed E-state index contributed by atoms with van der Waals surface area (Å²) in [5.74, 6) is -0.863. The normalized spacial score (nSPS) is 13.7. The van der Waals surface area contributed by atoms with Gasteiger partial charge in [-0.3, -0.25) is 25.3 Å². The zero-order valence-corrected chi connectivity index (χ0v) is 23.5. The van der Waals surface area contributed by atoms with E-state index in [4.69, 9.17) is 47.6 Å². The highest BCUT2D eigenvalue weighted by Gasteiger charge is 2.39. The van der Waals surface area contributed by atoms with Gasteiger partial charge in [-0.15, -0.1) is 0 Å². The van der Waals surface area contributed by atoms with Crippen LogP contribution in [0.2, 0.25) is 10.0 Å². The molecular weight excluding hydrogens is 577 g/mol. The van der Waals surface area contributed by atoms with Crippen molar-refractivity contribution in [3.05, 3.63) is 94.0 Å². The zero-order chi connectivity index (χ0) is 27.9. The number of hydrogen-bond donors (Lipinski definition) is 4. The predicted octanol–water partition coefficient (Wildman–Crippen LogP) is 5.29. The molecule has 0 aliphatic carbocycles. The largest absolute Gasteiger partial charge is 0.331 e. The predicted molar refractivity (Wildman–Crippen MR) is 164 cm³/mol. The number of halogens is 2. The average molecular weight is 599 g/mol. The summed E-state index contributed by atoms with van der Waals surface area (Å²) in [5.41, 5.74) is 7.70. The van der Waals surface area contributed by atoms with Gasteiger partial charge in [0.2, 0.25) is 0 Å². The van der Waals surface area contributed by atoms with Crippen LogP contribution in [0.4, 0.5) is 11.4 Å². The molecule has 0 fully saturated rings. The number of imide groups is 1. The molecule has 0 spiro atoms. The number of hydrazone groups is 2. The third-order valence-corrected chi connectivity index (χ3v) is 6.39. The van der Waals surface area contributed by atoms with Crippen LogP contribution in [0.3, 0.4) is 0 Å². The second kappa shape index (κ2) is 12.8. The minimum Gasteiger partial charge on any atom is -0.331 e. The minimum absolute atomic E-state index is 0.172. The van der Waals surface area contributed by atoms with Gasteiger partial charge >= 0.3 is 0 Å². The molecule has 2 amide bonds. The molecule has 1 aliphatic rings. The number of anilines is 2. The van der Waals surface area contributed by atoms with Crippen molar-refractivity contribution in [1.29, 1.82) is 0 Å². The lowest BCUT2D eigenvalue weighted by molar-refractivity contribution is 0.0636. The molecule has 0 saturated heterocycles. The summed E-state index contributed by atoms with van der Waals surface area (Å²) in [7, 11) is 0. The minimum atomic E-state index is -0.799. The summed E-state index contributed by atoms with van der Waals surface area (Å²) in [5, 5.41) is 16.0. The summed E-state index contributed by atoms with van der Waals surface area (Å²) in [4.78, 5) is 27.2. The van der Waals surface area contributed by atoms with E-state index < -0.39 is 17.9 Å². The number of nitrogens with zero attached hydrogens (tertiary/aromatic N) is 3. The van der Waals surface area contributed by atoms with E-state index in [1.807, 2.05) is 0 Å². The Hall–Kier alpha value is -3.90. The van der Waals surface area contributed by atoms with Gasteiger partial charge in [-0.1, -0.05) is 35.3 Å². The van der Waals surface area contributed by atoms with Gasteiger partial charge in [0.25, 0.3) is 11.8 Å². The Morgan fingerprint density at radius 3 is 1.74 bits per heavy atom. The fraction of sp³-hybridized carbons (Fsp3) is 0.0769. The van der Waals surface area contributed by atoms with Crippen molar-refractivity contribution in [3.63, 3.8) is 0 Å². The number of hydrogen-bond acceptors (Lipinski definition) is 6. The van der Waals surface area contributed by atoms with Crippen molar-refractivity contribution < 1.29 is 9.59 Å². The lowest BCUT2D eigenvalue weighted by atomic mass is 10.1. The Bertz CT molecular complexity index is 1440. The van der Waals surface area contributed by atoms with Crippen LogP contribution in [0.5, 0.6) is 0 Å². The molecule has 1 heterocycles. The Kier molecular flexibility index (Phi) is 9.20. The highest BCUT2D eigenvalue weighted by Crippen LogP contribution is 2.24. The Morgan fingerprint density at radius 1 is 0.795 bits per heavy atom. The lowest BCUT2D eigenvalue weighted by Crippen LogP contribution is -2.44. The fourth-order valence-corrected chi connectivity index (χ4v) is 4.16. The van der Waals surface area contributed by atoms with E-state index in [0.717, 1.165) is 4.90 Å². The first kappa shape index (κ1) is 28.1. The molecule has 1 unspecified atom stereocenters. The first-order chi connectivity index (χ1) is 18.7. The molecular formula is C26H21Cl2N7O2S2. The van der Waals surface area contributed by atoms with E-state index in [-0.39, 0.29) is 15.9 Å². The quantitative estimate of drug-likeness (QED) is 0.126. The molecule has 4 rings (SSSR count). The molecule has 3 aromatic rings. The van der Waals surface area contributed by atoms with Crippen LogP contribution in [0.15, 0.2) is 83.0 Å². The SMILES string of the molecule is CC(C(/C=N/NC(=S)Nc1ccc(Cl)cc1)=N\NC(=S)Nc1ccc(Cl)cc1)N1C(=O)c2ccccc2C1=O. The molecule has 0 bridgehead atoms. The van der Waals surface area contributed by atoms with Crippen molar-refractivity contribution in [3.8, 4) is 0 Å². The van der Waals surface area contributed by atoms with Crippen molar-refractivity contribution in [2.24, 2.45) is 10.2 Å². The van der Waals surface area contributed by atoms with Crippen LogP contribution >= 0.6 is 47.6 Å². The molecule has 39 heavy (non-hydrogen) atoms. The maximum absolute atomic E-state index is 13.0. The third-order valence-electron chi connectivity index (χ3n) is 5.49. The van der Waals surface area contributed by atoms with Crippen molar-refractivity contribution in [1.82, 2.24) is 15.8 Å². The standard InChI is InChI=1S/C26H21Cl2N7O2S2/c1-15(35-23(36)20-4-2-3-5-21(20)24(35)37)22(32-34-26(39)31-19-12-8-17(28)9-13-19)14-29-33-25(38)30-18-10-6-16(27)7-11-18/h2-15H,1H3,(H2,30,33,38)(H2,31,34,39)/b29-14+,32-22-. The van der Waals surface area contributed by atoms with Crippen LogP contribution in [0.25, 0.3) is 0 Å². The third kappa shape index (κ3) is 7.15. The van der Waals surface area contributed by atoms with Crippen LogP contribution in [-0.2, 0) is 0 Å². The topological polar surface area (TPSA) is 110 Å². The van der Waals surface area contributed by atoms with E-state index in [2.05, 4.69) is 31.7 Å². The van der Waals surface area contributed by atoms with E-state index in [0.29, 0.717) is 32.5 Å². The summed E-state index contributed by atoms with van der Waals surface area (Å²) in [6.45, 7) is 1.66. The van der Waals surface area contributed by atoms with Crippen LogP contribution in [0.1, 0.15) is 27.6 Å². The van der Waals surface area contributed by atoms with Gasteiger partial charge in [0, 0.05) is 21.4 Å². The van der Waals surface area contributed by atoms with Crippen LogP contribution < -0.4 is 21.5 Å². The van der Waals surface area contributed by atoms with Gasteiger partial charge in [0.15, 0.2) is 10.2 Å². The number of benzene rings is 3. The summed E-state index contributed by atoms with van der Waals surface area (Å²) in [6, 6.07) is 19.7. The van der Waals surface area contributed by atoms with Gasteiger partial charge in [-0.2, -0.15) is 10.2 Å². The molecule has 0 radical (unpaired) electrons. The van der Waals surface area contributed by atoms with Crippen LogP contribution in [0, 0.1) is 0 Å². The molecule has 4 N–H and O–H groups in total. The Labute approximate surface area is 245 Å². The molecule has 1 aliphatic heterocycles. The molecule has 13 heteroatoms. The summed E-state index contributed by atoms with van der Waals surface area (Å²) in [6.07, 6.45) is 1.35. The van der Waals surface area contributed by atoms with Gasteiger partial charge in [0.05, 0.1) is 23.4 Å². The number of rotatable bonds is 7. The van der Waals surface area contributed by atoms with Gasteiger partial charge in [-0.05, 0) is 92.0 Å². The molecule has 1 atom stereocenters. The first-order valence-corrected chi connectivity index (χ1v) is 13.0. The van der Waals surface area contributed by atoms with Crippen molar-refractivity contribution in [2.75, 3.05) is 10.6 Å². The van der Waals surface area contributed by atoms with E-state index in [1.165, 1.54) is 6.21 Å². The van der Waals surface area contributed by atoms with Gasteiger partial charge in [-0.25, -0.2) is 0 Å². The van der Waals surface area contributed by atoms with Gasteiger partial charge < -0.3 is 10.6 Å². The average Bonchev–Trinajstić information content (AvgIpc) is 3.18. The first-order valence-electron chi connectivity index (χ1n) is 11.5. The van der Waals surface area contributed by atoms with Crippen LogP contribution in [-0.4, -0.2) is 44.9 Å². The number of amides is 2. The van der Waals surface area contributed by atoms with Crippen molar-refractivity contribution >= 4 is 93.0 Å². The maximum atomic E-state index is 13.0. The number of fused-ring (bicyclic) bond motifs is 1. The summed E-state index contributed by atoms with van der Waals surface area (Å²) < 4.78 is 0. The number of nitrogens with one attached hydrogen (secondary N) is 4. The second-order valence-corrected chi connectivity index (χ2v) is 9.83. The molecule has 0 aromatic heterocycles. The fourth-order valence-electron chi connectivity index (χ4n) is 3.58. The highest BCUT2D eigenvalue weighted by atomic mass is 35.5. The number of thiocarbonyl (C=S) groups is 2. The summed E-state index contributed by atoms with van der Waals surface area (Å²) >= 11 is 22.5. The van der Waals surface area contributed by atoms with E-state index in [9.17, 15) is 9.59 Å². The molecule has 198 valence electrons. The smallest absolute Gasteiger partial charge is 0.262 e. The van der Waals surface area contributed by atoms with E-state index >= 15 is 0 Å².